The molecule has 0 fully saturated rings. The highest BCUT2D eigenvalue weighted by molar-refractivity contribution is 5.95. The molecule has 0 aliphatic rings. The van der Waals surface area contributed by atoms with E-state index in [4.69, 9.17) is 4.74 Å². The number of pyridine rings is 1. The summed E-state index contributed by atoms with van der Waals surface area (Å²) in [5.41, 5.74) is 0.856. The van der Waals surface area contributed by atoms with Crippen molar-refractivity contribution in [1.82, 2.24) is 15.0 Å². The number of rotatable bonds is 5. The standard InChI is InChI=1S/C18H15N3O3/c1-12(22)15-16(24-11-13-7-3-2-4-8-13)18(23)21-17(20-15)14-9-5-6-10-19-14/h2-10H,11H2,1H3,(H,20,21,23). The molecule has 24 heavy (non-hydrogen) atoms. The van der Waals surface area contributed by atoms with E-state index in [0.717, 1.165) is 5.56 Å². The number of hydrogen-bond donors (Lipinski definition) is 1. The van der Waals surface area contributed by atoms with Gasteiger partial charge in [0.2, 0.25) is 5.75 Å². The molecule has 3 aromatic rings. The summed E-state index contributed by atoms with van der Waals surface area (Å²) in [6.45, 7) is 1.52. The van der Waals surface area contributed by atoms with Gasteiger partial charge in [-0.25, -0.2) is 4.98 Å². The van der Waals surface area contributed by atoms with Crippen LogP contribution in [0.1, 0.15) is 23.0 Å². The van der Waals surface area contributed by atoms with Crippen molar-refractivity contribution < 1.29 is 9.53 Å². The molecule has 0 bridgehead atoms. The third-order valence-corrected chi connectivity index (χ3v) is 3.34. The SMILES string of the molecule is CC(=O)c1nc(-c2ccccn2)[nH]c(=O)c1OCc1ccccc1. The van der Waals surface area contributed by atoms with E-state index in [2.05, 4.69) is 15.0 Å². The Bertz CT molecular complexity index is 906. The van der Waals surface area contributed by atoms with E-state index in [1.165, 1.54) is 6.92 Å². The van der Waals surface area contributed by atoms with Crippen LogP contribution in [0.4, 0.5) is 0 Å². The summed E-state index contributed by atoms with van der Waals surface area (Å²) in [4.78, 5) is 35.2. The van der Waals surface area contributed by atoms with Crippen molar-refractivity contribution in [1.29, 1.82) is 0 Å². The Morgan fingerprint density at radius 2 is 1.88 bits per heavy atom. The Hall–Kier alpha value is -3.28. The molecule has 0 saturated heterocycles. The number of H-pyrrole nitrogens is 1. The zero-order valence-corrected chi connectivity index (χ0v) is 13.0. The average Bonchev–Trinajstić information content (AvgIpc) is 2.61. The minimum atomic E-state index is -0.508. The monoisotopic (exact) mass is 321 g/mol. The largest absolute Gasteiger partial charge is 0.481 e. The average molecular weight is 321 g/mol. The number of benzene rings is 1. The summed E-state index contributed by atoms with van der Waals surface area (Å²) in [6, 6.07) is 14.6. The number of hydrogen-bond acceptors (Lipinski definition) is 5. The van der Waals surface area contributed by atoms with Gasteiger partial charge in [0, 0.05) is 13.1 Å². The Balaban J connectivity index is 1.97. The normalized spacial score (nSPS) is 10.4. The summed E-state index contributed by atoms with van der Waals surface area (Å²) in [6.07, 6.45) is 1.59. The van der Waals surface area contributed by atoms with E-state index in [1.807, 2.05) is 30.3 Å². The molecule has 0 aliphatic heterocycles. The predicted molar refractivity (Wildman–Crippen MR) is 88.9 cm³/mol. The lowest BCUT2D eigenvalue weighted by Gasteiger charge is -2.10. The number of carbonyl (C=O) groups is 1. The van der Waals surface area contributed by atoms with E-state index in [0.29, 0.717) is 5.69 Å². The second-order valence-corrected chi connectivity index (χ2v) is 5.14. The molecule has 0 saturated carbocycles. The molecule has 1 aromatic carbocycles. The minimum Gasteiger partial charge on any atom is -0.481 e. The molecular weight excluding hydrogens is 306 g/mol. The first-order chi connectivity index (χ1) is 11.6. The molecule has 2 aromatic heterocycles. The van der Waals surface area contributed by atoms with E-state index < -0.39 is 5.56 Å². The van der Waals surface area contributed by atoms with Crippen molar-refractivity contribution in [3.8, 4) is 17.3 Å². The van der Waals surface area contributed by atoms with E-state index in [1.54, 1.807) is 24.4 Å². The Labute approximate surface area is 138 Å². The van der Waals surface area contributed by atoms with Crippen molar-refractivity contribution in [2.24, 2.45) is 0 Å². The molecule has 6 heteroatoms. The fourth-order valence-electron chi connectivity index (χ4n) is 2.19. The summed E-state index contributed by atoms with van der Waals surface area (Å²) >= 11 is 0. The molecule has 1 N–H and O–H groups in total. The lowest BCUT2D eigenvalue weighted by molar-refractivity contribution is 0.100. The van der Waals surface area contributed by atoms with Gasteiger partial charge in [0.1, 0.15) is 12.3 Å². The Morgan fingerprint density at radius 1 is 1.12 bits per heavy atom. The Kier molecular flexibility index (Phi) is 4.47. The first-order valence-electron chi connectivity index (χ1n) is 7.38. The van der Waals surface area contributed by atoms with Gasteiger partial charge in [0.25, 0.3) is 5.56 Å². The fourth-order valence-corrected chi connectivity index (χ4v) is 2.19. The maximum Gasteiger partial charge on any atom is 0.294 e. The summed E-state index contributed by atoms with van der Waals surface area (Å²) in [7, 11) is 0. The van der Waals surface area contributed by atoms with Crippen LogP contribution in [0.2, 0.25) is 0 Å². The maximum atomic E-state index is 12.4. The van der Waals surface area contributed by atoms with Crippen LogP contribution in [0.25, 0.3) is 11.5 Å². The second kappa shape index (κ2) is 6.87. The van der Waals surface area contributed by atoms with Gasteiger partial charge in [-0.05, 0) is 17.7 Å². The third kappa shape index (κ3) is 3.38. The molecule has 6 nitrogen and oxygen atoms in total. The number of nitrogens with zero attached hydrogens (tertiary/aromatic N) is 2. The van der Waals surface area contributed by atoms with Crippen LogP contribution in [0.15, 0.2) is 59.5 Å². The van der Waals surface area contributed by atoms with Gasteiger partial charge in [-0.3, -0.25) is 14.6 Å². The number of carbonyl (C=O) groups excluding carboxylic acids is 1. The van der Waals surface area contributed by atoms with Crippen molar-refractivity contribution in [2.75, 3.05) is 0 Å². The molecule has 2 heterocycles. The van der Waals surface area contributed by atoms with Gasteiger partial charge in [0.15, 0.2) is 17.3 Å². The summed E-state index contributed by atoms with van der Waals surface area (Å²) in [5, 5.41) is 0. The van der Waals surface area contributed by atoms with Crippen molar-refractivity contribution in [3.05, 3.63) is 76.3 Å². The van der Waals surface area contributed by atoms with Crippen molar-refractivity contribution in [3.63, 3.8) is 0 Å². The number of nitrogens with one attached hydrogen (secondary N) is 1. The number of aromatic nitrogens is 3. The van der Waals surface area contributed by atoms with E-state index in [9.17, 15) is 9.59 Å². The van der Waals surface area contributed by atoms with Gasteiger partial charge in [-0.2, -0.15) is 0 Å². The van der Waals surface area contributed by atoms with Crippen LogP contribution < -0.4 is 10.3 Å². The van der Waals surface area contributed by atoms with Crippen LogP contribution in [0.3, 0.4) is 0 Å². The number of aromatic amines is 1. The summed E-state index contributed by atoms with van der Waals surface area (Å²) in [5.74, 6) is -0.190. The maximum absolute atomic E-state index is 12.4. The molecule has 3 rings (SSSR count). The quantitative estimate of drug-likeness (QED) is 0.730. The number of Topliss-reactive ketones (excluding diaryl/α,β-unsaturated/α-hetero) is 1. The topological polar surface area (TPSA) is 84.9 Å². The van der Waals surface area contributed by atoms with Crippen LogP contribution in [-0.2, 0) is 6.61 Å². The van der Waals surface area contributed by atoms with Crippen molar-refractivity contribution >= 4 is 5.78 Å². The number of ether oxygens (including phenoxy) is 1. The predicted octanol–water partition coefficient (Wildman–Crippen LogP) is 2.61. The van der Waals surface area contributed by atoms with Crippen LogP contribution in [0.5, 0.6) is 5.75 Å². The van der Waals surface area contributed by atoms with Gasteiger partial charge < -0.3 is 9.72 Å². The molecule has 0 unspecified atom stereocenters. The highest BCUT2D eigenvalue weighted by Gasteiger charge is 2.18. The van der Waals surface area contributed by atoms with Gasteiger partial charge in [0.05, 0.1) is 0 Å². The minimum absolute atomic E-state index is 0.00432. The Morgan fingerprint density at radius 3 is 2.54 bits per heavy atom. The first kappa shape index (κ1) is 15.6. The number of ketones is 1. The molecule has 120 valence electrons. The van der Waals surface area contributed by atoms with Gasteiger partial charge in [-0.15, -0.1) is 0 Å². The molecule has 0 atom stereocenters. The second-order valence-electron chi connectivity index (χ2n) is 5.14. The highest BCUT2D eigenvalue weighted by Crippen LogP contribution is 2.17. The van der Waals surface area contributed by atoms with E-state index >= 15 is 0 Å². The molecule has 0 amide bonds. The van der Waals surface area contributed by atoms with E-state index in [-0.39, 0.29) is 29.7 Å². The zero-order chi connectivity index (χ0) is 16.9. The van der Waals surface area contributed by atoms with Gasteiger partial charge in [-0.1, -0.05) is 36.4 Å². The first-order valence-corrected chi connectivity index (χ1v) is 7.38. The van der Waals surface area contributed by atoms with Gasteiger partial charge >= 0.3 is 0 Å². The zero-order valence-electron chi connectivity index (χ0n) is 13.0. The summed E-state index contributed by atoms with van der Waals surface area (Å²) < 4.78 is 5.56. The fraction of sp³-hybridized carbons (Fsp3) is 0.111. The lowest BCUT2D eigenvalue weighted by atomic mass is 10.2. The molecule has 0 aliphatic carbocycles. The van der Waals surface area contributed by atoms with Crippen molar-refractivity contribution in [2.45, 2.75) is 13.5 Å². The molecule has 0 radical (unpaired) electrons. The third-order valence-electron chi connectivity index (χ3n) is 3.34. The van der Waals surface area contributed by atoms with Crippen LogP contribution in [0, 0.1) is 0 Å². The molecular formula is C18H15N3O3. The smallest absolute Gasteiger partial charge is 0.294 e. The highest BCUT2D eigenvalue weighted by atomic mass is 16.5. The van der Waals surface area contributed by atoms with Crippen LogP contribution in [-0.4, -0.2) is 20.7 Å². The molecule has 0 spiro atoms. The van der Waals surface area contributed by atoms with Crippen LogP contribution >= 0.6 is 0 Å². The lowest BCUT2D eigenvalue weighted by Crippen LogP contribution is -2.19.